The Bertz CT molecular complexity index is 337. The summed E-state index contributed by atoms with van der Waals surface area (Å²) in [5.74, 6) is 0.925. The average Bonchev–Trinajstić information content (AvgIpc) is 2.64. The van der Waals surface area contributed by atoms with Gasteiger partial charge in [-0.3, -0.25) is 0 Å². The number of ether oxygens (including phenoxy) is 2. The van der Waals surface area contributed by atoms with Gasteiger partial charge in [-0.05, 0) is 46.4 Å². The quantitative estimate of drug-likeness (QED) is 0.707. The number of aliphatic imine (C=N–C) groups is 1. The standard InChI is InChI=1S/C14H26N2O2/c1-10(11(2)17-6)13(15-5)16-9-8-12(18-7)14(16,3)4/h11-12H,5,8-9H2,1-4,6-7H3/b13-10-/t11-,12?/m1/s1. The molecule has 0 aromatic carbocycles. The van der Waals surface area contributed by atoms with Crippen molar-refractivity contribution in [3.63, 3.8) is 0 Å². The molecule has 1 rings (SSSR count). The number of rotatable bonds is 5. The van der Waals surface area contributed by atoms with E-state index in [4.69, 9.17) is 9.47 Å². The molecule has 104 valence electrons. The minimum atomic E-state index is -0.0694. The number of nitrogens with zero attached hydrogens (tertiary/aromatic N) is 2. The third kappa shape index (κ3) is 2.59. The highest BCUT2D eigenvalue weighted by atomic mass is 16.5. The largest absolute Gasteiger partial charge is 0.379 e. The van der Waals surface area contributed by atoms with E-state index in [1.807, 2.05) is 13.8 Å². The van der Waals surface area contributed by atoms with Crippen molar-refractivity contribution in [2.24, 2.45) is 4.99 Å². The summed E-state index contributed by atoms with van der Waals surface area (Å²) in [7, 11) is 3.48. The zero-order valence-electron chi connectivity index (χ0n) is 12.5. The maximum absolute atomic E-state index is 5.56. The van der Waals surface area contributed by atoms with Crippen molar-refractivity contribution in [1.82, 2.24) is 4.90 Å². The summed E-state index contributed by atoms with van der Waals surface area (Å²) >= 11 is 0. The van der Waals surface area contributed by atoms with E-state index in [0.717, 1.165) is 24.4 Å². The summed E-state index contributed by atoms with van der Waals surface area (Å²) in [6, 6.07) is 0. The number of likely N-dealkylation sites (tertiary alicyclic amines) is 1. The van der Waals surface area contributed by atoms with Crippen LogP contribution in [0, 0.1) is 0 Å². The van der Waals surface area contributed by atoms with Crippen LogP contribution in [0.2, 0.25) is 0 Å². The second-order valence-electron chi connectivity index (χ2n) is 5.36. The second-order valence-corrected chi connectivity index (χ2v) is 5.36. The van der Waals surface area contributed by atoms with Gasteiger partial charge in [-0.1, -0.05) is 0 Å². The SMILES string of the molecule is C=N/C(=C(\C)[C@@H](C)OC)N1CCC(OC)C1(C)C. The maximum atomic E-state index is 5.56. The third-order valence-electron chi connectivity index (χ3n) is 4.10. The van der Waals surface area contributed by atoms with Crippen molar-refractivity contribution >= 4 is 6.72 Å². The summed E-state index contributed by atoms with van der Waals surface area (Å²) < 4.78 is 10.9. The highest BCUT2D eigenvalue weighted by Crippen LogP contribution is 2.35. The first-order chi connectivity index (χ1) is 8.39. The van der Waals surface area contributed by atoms with Gasteiger partial charge in [-0.2, -0.15) is 0 Å². The summed E-state index contributed by atoms with van der Waals surface area (Å²) in [5.41, 5.74) is 1.04. The van der Waals surface area contributed by atoms with E-state index in [1.165, 1.54) is 0 Å². The second kappa shape index (κ2) is 5.85. The van der Waals surface area contributed by atoms with Crippen LogP contribution in [0.1, 0.15) is 34.1 Å². The number of hydrogen-bond donors (Lipinski definition) is 0. The molecule has 18 heavy (non-hydrogen) atoms. The monoisotopic (exact) mass is 254 g/mol. The van der Waals surface area contributed by atoms with E-state index >= 15 is 0 Å². The fraction of sp³-hybridized carbons (Fsp3) is 0.786. The number of methoxy groups -OCH3 is 2. The predicted molar refractivity (Wildman–Crippen MR) is 74.9 cm³/mol. The van der Waals surface area contributed by atoms with Gasteiger partial charge in [0.1, 0.15) is 5.82 Å². The molecule has 1 aliphatic heterocycles. The average molecular weight is 254 g/mol. The Morgan fingerprint density at radius 3 is 2.44 bits per heavy atom. The fourth-order valence-corrected chi connectivity index (χ4v) is 2.63. The van der Waals surface area contributed by atoms with E-state index in [-0.39, 0.29) is 17.7 Å². The lowest BCUT2D eigenvalue weighted by molar-refractivity contribution is 0.0286. The molecule has 1 saturated heterocycles. The Balaban J connectivity index is 3.08. The highest BCUT2D eigenvalue weighted by molar-refractivity contribution is 5.32. The summed E-state index contributed by atoms with van der Waals surface area (Å²) in [6.45, 7) is 13.1. The van der Waals surface area contributed by atoms with Gasteiger partial charge in [0.2, 0.25) is 0 Å². The molecule has 1 unspecified atom stereocenters. The smallest absolute Gasteiger partial charge is 0.129 e. The molecule has 0 N–H and O–H groups in total. The van der Waals surface area contributed by atoms with E-state index in [1.54, 1.807) is 14.2 Å². The van der Waals surface area contributed by atoms with Crippen LogP contribution in [0.3, 0.4) is 0 Å². The van der Waals surface area contributed by atoms with E-state index in [0.29, 0.717) is 0 Å². The molecule has 4 nitrogen and oxygen atoms in total. The molecular weight excluding hydrogens is 228 g/mol. The molecular formula is C14H26N2O2. The van der Waals surface area contributed by atoms with Gasteiger partial charge in [0, 0.05) is 20.8 Å². The lowest BCUT2D eigenvalue weighted by atomic mass is 9.98. The van der Waals surface area contributed by atoms with Gasteiger partial charge >= 0.3 is 0 Å². The zero-order chi connectivity index (χ0) is 13.9. The predicted octanol–water partition coefficient (Wildman–Crippen LogP) is 2.45. The van der Waals surface area contributed by atoms with E-state index < -0.39 is 0 Å². The topological polar surface area (TPSA) is 34.1 Å². The normalized spacial score (nSPS) is 25.9. The minimum absolute atomic E-state index is 0.0443. The zero-order valence-corrected chi connectivity index (χ0v) is 12.5. The lowest BCUT2D eigenvalue weighted by Crippen LogP contribution is -2.45. The van der Waals surface area contributed by atoms with Crippen molar-refractivity contribution in [2.75, 3.05) is 20.8 Å². The minimum Gasteiger partial charge on any atom is -0.379 e. The van der Waals surface area contributed by atoms with Crippen LogP contribution in [0.4, 0.5) is 0 Å². The molecule has 0 aromatic rings. The summed E-state index contributed by atoms with van der Waals surface area (Å²) in [6.07, 6.45) is 1.28. The molecule has 0 spiro atoms. The lowest BCUT2D eigenvalue weighted by Gasteiger charge is -2.38. The molecule has 0 saturated carbocycles. The summed E-state index contributed by atoms with van der Waals surface area (Å²) in [4.78, 5) is 6.50. The van der Waals surface area contributed by atoms with Crippen molar-refractivity contribution in [3.8, 4) is 0 Å². The van der Waals surface area contributed by atoms with E-state index in [9.17, 15) is 0 Å². The molecule has 1 heterocycles. The first-order valence-electron chi connectivity index (χ1n) is 6.40. The van der Waals surface area contributed by atoms with Gasteiger partial charge < -0.3 is 14.4 Å². The molecule has 1 aliphatic rings. The molecule has 4 heteroatoms. The number of hydrogen-bond acceptors (Lipinski definition) is 4. The Hall–Kier alpha value is -0.870. The molecule has 0 amide bonds. The Morgan fingerprint density at radius 2 is 2.06 bits per heavy atom. The van der Waals surface area contributed by atoms with Gasteiger partial charge in [-0.25, -0.2) is 4.99 Å². The van der Waals surface area contributed by atoms with Crippen molar-refractivity contribution in [3.05, 3.63) is 11.4 Å². The van der Waals surface area contributed by atoms with Crippen LogP contribution in [0.25, 0.3) is 0 Å². The summed E-state index contributed by atoms with van der Waals surface area (Å²) in [5, 5.41) is 0. The van der Waals surface area contributed by atoms with Crippen LogP contribution in [0.5, 0.6) is 0 Å². The first kappa shape index (κ1) is 15.2. The van der Waals surface area contributed by atoms with Crippen molar-refractivity contribution in [1.29, 1.82) is 0 Å². The van der Waals surface area contributed by atoms with Gasteiger partial charge in [0.05, 0.1) is 17.7 Å². The maximum Gasteiger partial charge on any atom is 0.129 e. The Morgan fingerprint density at radius 1 is 1.44 bits per heavy atom. The third-order valence-corrected chi connectivity index (χ3v) is 4.10. The molecule has 0 aliphatic carbocycles. The fourth-order valence-electron chi connectivity index (χ4n) is 2.63. The first-order valence-corrected chi connectivity index (χ1v) is 6.40. The van der Waals surface area contributed by atoms with Crippen LogP contribution in [-0.2, 0) is 9.47 Å². The molecule has 1 fully saturated rings. The molecule has 2 atom stereocenters. The van der Waals surface area contributed by atoms with Crippen molar-refractivity contribution < 1.29 is 9.47 Å². The Kier molecular flexibility index (Phi) is 4.93. The van der Waals surface area contributed by atoms with Crippen LogP contribution >= 0.6 is 0 Å². The van der Waals surface area contributed by atoms with Gasteiger partial charge in [0.15, 0.2) is 0 Å². The van der Waals surface area contributed by atoms with E-state index in [2.05, 4.69) is 30.5 Å². The van der Waals surface area contributed by atoms with Crippen LogP contribution in [0.15, 0.2) is 16.4 Å². The molecule has 0 bridgehead atoms. The van der Waals surface area contributed by atoms with Crippen LogP contribution in [-0.4, -0.2) is 50.1 Å². The van der Waals surface area contributed by atoms with Gasteiger partial charge in [-0.15, -0.1) is 0 Å². The van der Waals surface area contributed by atoms with Crippen molar-refractivity contribution in [2.45, 2.75) is 51.9 Å². The molecule has 0 aromatic heterocycles. The molecule has 0 radical (unpaired) electrons. The van der Waals surface area contributed by atoms with Gasteiger partial charge in [0.25, 0.3) is 0 Å². The Labute approximate surface area is 111 Å². The highest BCUT2D eigenvalue weighted by Gasteiger charge is 2.43. The van der Waals surface area contributed by atoms with Crippen LogP contribution < -0.4 is 0 Å².